The molecule has 2 aromatic rings. The number of hydrogen-bond donors (Lipinski definition) is 0. The van der Waals surface area contributed by atoms with Crippen LogP contribution in [-0.4, -0.2) is 4.21 Å². The summed E-state index contributed by atoms with van der Waals surface area (Å²) in [5.74, 6) is -1.71. The molecule has 0 aliphatic carbocycles. The lowest BCUT2D eigenvalue weighted by Gasteiger charge is -2.17. The predicted molar refractivity (Wildman–Crippen MR) is 70.4 cm³/mol. The Labute approximate surface area is 116 Å². The Hall–Kier alpha value is -1.46. The summed E-state index contributed by atoms with van der Waals surface area (Å²) in [6.45, 7) is 0.307. The van der Waals surface area contributed by atoms with Crippen molar-refractivity contribution in [2.75, 3.05) is 4.31 Å². The van der Waals surface area contributed by atoms with Crippen molar-refractivity contribution in [1.29, 1.82) is 0 Å². The molecule has 98 valence electrons. The van der Waals surface area contributed by atoms with Crippen molar-refractivity contribution < 1.29 is 13.0 Å². The van der Waals surface area contributed by atoms with Gasteiger partial charge in [-0.15, -0.1) is 0 Å². The molecule has 0 spiro atoms. The van der Waals surface area contributed by atoms with Gasteiger partial charge in [-0.2, -0.15) is 0 Å². The van der Waals surface area contributed by atoms with Gasteiger partial charge in [-0.25, -0.2) is 13.0 Å². The first kappa shape index (κ1) is 12.6. The van der Waals surface area contributed by atoms with Crippen molar-refractivity contribution in [3.05, 3.63) is 58.6 Å². The summed E-state index contributed by atoms with van der Waals surface area (Å²) in [7, 11) is -1.50. The van der Waals surface area contributed by atoms with Gasteiger partial charge >= 0.3 is 0 Å². The molecule has 19 heavy (non-hydrogen) atoms. The molecule has 6 heteroatoms. The number of fused-ring (bicyclic) bond motifs is 1. The van der Waals surface area contributed by atoms with Crippen LogP contribution in [0.2, 0.25) is 5.02 Å². The summed E-state index contributed by atoms with van der Waals surface area (Å²) >= 11 is 5.54. The molecule has 0 saturated carbocycles. The van der Waals surface area contributed by atoms with Gasteiger partial charge in [-0.1, -0.05) is 29.8 Å². The monoisotopic (exact) mass is 299 g/mol. The minimum Gasteiger partial charge on any atom is -0.280 e. The quantitative estimate of drug-likeness (QED) is 0.736. The van der Waals surface area contributed by atoms with Gasteiger partial charge in [-0.05, 0) is 23.8 Å². The third kappa shape index (κ3) is 1.93. The summed E-state index contributed by atoms with van der Waals surface area (Å²) in [5, 5.41) is -0.578. The number of nitrogens with zero attached hydrogens (tertiary/aromatic N) is 1. The minimum atomic E-state index is -1.50. The number of rotatable bonds is 1. The Kier molecular flexibility index (Phi) is 3.03. The normalized spacial score (nSPS) is 17.6. The van der Waals surface area contributed by atoms with E-state index in [2.05, 4.69) is 0 Å². The largest absolute Gasteiger partial charge is 0.280 e. The SMILES string of the molecule is O=S1c2ccccc2CN1c1ccc(F)c(Cl)c1F. The predicted octanol–water partition coefficient (Wildman–Crippen LogP) is 3.66. The molecule has 0 bridgehead atoms. The third-order valence-corrected chi connectivity index (χ3v) is 4.81. The number of hydrogen-bond acceptors (Lipinski definition) is 1. The zero-order valence-electron chi connectivity index (χ0n) is 9.57. The van der Waals surface area contributed by atoms with Crippen LogP contribution in [-0.2, 0) is 17.5 Å². The number of benzene rings is 2. The molecule has 0 radical (unpaired) electrons. The first-order valence-electron chi connectivity index (χ1n) is 5.50. The molecular weight excluding hydrogens is 292 g/mol. The van der Waals surface area contributed by atoms with Crippen molar-refractivity contribution in [1.82, 2.24) is 0 Å². The third-order valence-electron chi connectivity index (χ3n) is 2.96. The van der Waals surface area contributed by atoms with Gasteiger partial charge in [0.2, 0.25) is 0 Å². The lowest BCUT2D eigenvalue weighted by Crippen LogP contribution is -2.19. The fourth-order valence-electron chi connectivity index (χ4n) is 2.02. The summed E-state index contributed by atoms with van der Waals surface area (Å²) in [6, 6.07) is 9.48. The molecule has 2 nitrogen and oxygen atoms in total. The van der Waals surface area contributed by atoms with E-state index < -0.39 is 27.6 Å². The lowest BCUT2D eigenvalue weighted by atomic mass is 10.2. The van der Waals surface area contributed by atoms with Crippen LogP contribution in [0.5, 0.6) is 0 Å². The van der Waals surface area contributed by atoms with Crippen molar-refractivity contribution in [3.63, 3.8) is 0 Å². The van der Waals surface area contributed by atoms with E-state index in [4.69, 9.17) is 11.6 Å². The van der Waals surface area contributed by atoms with Crippen LogP contribution in [0, 0.1) is 11.6 Å². The highest BCUT2D eigenvalue weighted by atomic mass is 35.5. The van der Waals surface area contributed by atoms with Crippen molar-refractivity contribution in [2.45, 2.75) is 11.4 Å². The molecule has 0 N–H and O–H groups in total. The molecule has 3 rings (SSSR count). The maximum absolute atomic E-state index is 14.0. The van der Waals surface area contributed by atoms with E-state index in [1.165, 1.54) is 10.4 Å². The molecule has 2 aromatic carbocycles. The number of anilines is 1. The summed E-state index contributed by atoms with van der Waals surface area (Å²) in [5.41, 5.74) is 0.904. The molecule has 1 heterocycles. The Bertz CT molecular complexity index is 692. The molecule has 1 unspecified atom stereocenters. The second kappa shape index (κ2) is 4.58. The molecule has 1 aliphatic rings. The van der Waals surface area contributed by atoms with Gasteiger partial charge in [0.15, 0.2) is 16.8 Å². The summed E-state index contributed by atoms with van der Waals surface area (Å²) in [6.07, 6.45) is 0. The van der Waals surface area contributed by atoms with E-state index in [0.717, 1.165) is 11.6 Å². The first-order valence-corrected chi connectivity index (χ1v) is 6.99. The van der Waals surface area contributed by atoms with E-state index in [-0.39, 0.29) is 5.69 Å². The van der Waals surface area contributed by atoms with Gasteiger partial charge < -0.3 is 0 Å². The standard InChI is InChI=1S/C13H8ClF2NOS/c14-12-9(15)5-6-10(13(12)16)17-7-8-3-1-2-4-11(8)19(17)18/h1-6H,7H2. The lowest BCUT2D eigenvalue weighted by molar-refractivity contribution is 0.583. The van der Waals surface area contributed by atoms with Crippen LogP contribution < -0.4 is 4.31 Å². The topological polar surface area (TPSA) is 20.3 Å². The van der Waals surface area contributed by atoms with Crippen LogP contribution in [0.3, 0.4) is 0 Å². The first-order chi connectivity index (χ1) is 9.09. The Morgan fingerprint density at radius 2 is 1.89 bits per heavy atom. The Balaban J connectivity index is 2.07. The molecule has 0 fully saturated rings. The highest BCUT2D eigenvalue weighted by molar-refractivity contribution is 7.86. The van der Waals surface area contributed by atoms with E-state index in [1.54, 1.807) is 12.1 Å². The van der Waals surface area contributed by atoms with Gasteiger partial charge in [0.25, 0.3) is 0 Å². The van der Waals surface area contributed by atoms with Gasteiger partial charge in [-0.3, -0.25) is 4.31 Å². The second-order valence-electron chi connectivity index (χ2n) is 4.09. The maximum Gasteiger partial charge on any atom is 0.168 e. The van der Waals surface area contributed by atoms with Gasteiger partial charge in [0.1, 0.15) is 10.8 Å². The van der Waals surface area contributed by atoms with Crippen LogP contribution in [0.15, 0.2) is 41.3 Å². The summed E-state index contributed by atoms with van der Waals surface area (Å²) in [4.78, 5) is 0.641. The van der Waals surface area contributed by atoms with E-state index in [1.807, 2.05) is 12.1 Å². The zero-order valence-corrected chi connectivity index (χ0v) is 11.1. The van der Waals surface area contributed by atoms with E-state index in [9.17, 15) is 13.0 Å². The van der Waals surface area contributed by atoms with Crippen molar-refractivity contribution in [3.8, 4) is 0 Å². The molecule has 1 aliphatic heterocycles. The highest BCUT2D eigenvalue weighted by Gasteiger charge is 2.29. The molecule has 0 amide bonds. The van der Waals surface area contributed by atoms with Crippen LogP contribution >= 0.6 is 11.6 Å². The number of halogens is 3. The second-order valence-corrected chi connectivity index (χ2v) is 5.84. The fourth-order valence-corrected chi connectivity index (χ4v) is 3.54. The molecule has 0 aromatic heterocycles. The van der Waals surface area contributed by atoms with Crippen LogP contribution in [0.4, 0.5) is 14.5 Å². The van der Waals surface area contributed by atoms with Gasteiger partial charge in [0, 0.05) is 0 Å². The van der Waals surface area contributed by atoms with Crippen LogP contribution in [0.1, 0.15) is 5.56 Å². The fraction of sp³-hybridized carbons (Fsp3) is 0.0769. The highest BCUT2D eigenvalue weighted by Crippen LogP contribution is 2.35. The maximum atomic E-state index is 14.0. The molecule has 1 atom stereocenters. The van der Waals surface area contributed by atoms with Crippen molar-refractivity contribution >= 4 is 28.3 Å². The van der Waals surface area contributed by atoms with Crippen molar-refractivity contribution in [2.24, 2.45) is 0 Å². The van der Waals surface area contributed by atoms with E-state index in [0.29, 0.717) is 11.4 Å². The Morgan fingerprint density at radius 1 is 1.16 bits per heavy atom. The molecule has 0 saturated heterocycles. The Morgan fingerprint density at radius 3 is 2.63 bits per heavy atom. The average molecular weight is 300 g/mol. The summed E-state index contributed by atoms with van der Waals surface area (Å²) < 4.78 is 40.7. The minimum absolute atomic E-state index is 0.0425. The smallest absolute Gasteiger partial charge is 0.168 e. The zero-order chi connectivity index (χ0) is 13.6. The molecular formula is C13H8ClF2NOS. The van der Waals surface area contributed by atoms with E-state index >= 15 is 0 Å². The average Bonchev–Trinajstić information content (AvgIpc) is 2.74. The van der Waals surface area contributed by atoms with Crippen LogP contribution in [0.25, 0.3) is 0 Å². The van der Waals surface area contributed by atoms with Gasteiger partial charge in [0.05, 0.1) is 17.1 Å².